The minimum Gasteiger partial charge on any atom is -0.492 e. The van der Waals surface area contributed by atoms with Gasteiger partial charge in [0.2, 0.25) is 5.91 Å². The molecule has 1 aromatic heterocycles. The van der Waals surface area contributed by atoms with Crippen molar-refractivity contribution in [3.63, 3.8) is 0 Å². The van der Waals surface area contributed by atoms with Crippen molar-refractivity contribution in [1.82, 2.24) is 14.9 Å². The molecule has 0 unspecified atom stereocenters. The Balaban J connectivity index is 1.61. The molecule has 0 saturated heterocycles. The molecule has 30 heavy (non-hydrogen) atoms. The van der Waals surface area contributed by atoms with Crippen LogP contribution in [0.1, 0.15) is 46.5 Å². The Hall–Kier alpha value is -1.70. The molecule has 2 aromatic rings. The number of ether oxygens (including phenoxy) is 3. The van der Waals surface area contributed by atoms with Crippen LogP contribution in [-0.2, 0) is 16.6 Å². The third-order valence-corrected chi connectivity index (χ3v) is 5.84. The first-order chi connectivity index (χ1) is 14.3. The van der Waals surface area contributed by atoms with Crippen molar-refractivity contribution in [2.45, 2.75) is 64.7 Å². The highest BCUT2D eigenvalue weighted by Crippen LogP contribution is 2.39. The summed E-state index contributed by atoms with van der Waals surface area (Å²) in [5.74, 6) is 0.497. The molecule has 1 amide bonds. The van der Waals surface area contributed by atoms with Crippen LogP contribution in [0.25, 0.3) is 11.0 Å². The van der Waals surface area contributed by atoms with Crippen molar-refractivity contribution < 1.29 is 19.0 Å². The number of fused-ring (bicyclic) bond motifs is 1. The number of halogens is 2. The van der Waals surface area contributed by atoms with E-state index in [1.165, 1.54) is 6.92 Å². The van der Waals surface area contributed by atoms with Crippen LogP contribution in [0.4, 0.5) is 0 Å². The van der Waals surface area contributed by atoms with Crippen LogP contribution >= 0.6 is 23.2 Å². The number of imidazole rings is 1. The van der Waals surface area contributed by atoms with Gasteiger partial charge in [-0.25, -0.2) is 0 Å². The first kappa shape index (κ1) is 23.0. The van der Waals surface area contributed by atoms with Crippen molar-refractivity contribution in [2.24, 2.45) is 7.05 Å². The summed E-state index contributed by atoms with van der Waals surface area (Å²) in [7, 11) is 1.86. The number of benzene rings is 1. The first-order valence-corrected chi connectivity index (χ1v) is 11.1. The fraction of sp³-hybridized carbons (Fsp3) is 0.619. The quantitative estimate of drug-likeness (QED) is 0.630. The molecular formula is C21H29Cl2N3O4. The lowest BCUT2D eigenvalue weighted by molar-refractivity contribution is -0.120. The Morgan fingerprint density at radius 2 is 1.97 bits per heavy atom. The fourth-order valence-corrected chi connectivity index (χ4v) is 4.32. The molecule has 0 aliphatic heterocycles. The summed E-state index contributed by atoms with van der Waals surface area (Å²) >= 11 is 12.9. The minimum absolute atomic E-state index is 0.00699. The predicted molar refractivity (Wildman–Crippen MR) is 118 cm³/mol. The average molecular weight is 458 g/mol. The van der Waals surface area contributed by atoms with E-state index < -0.39 is 0 Å². The van der Waals surface area contributed by atoms with Gasteiger partial charge in [-0.2, -0.15) is 4.98 Å². The zero-order valence-electron chi connectivity index (χ0n) is 17.8. The Morgan fingerprint density at radius 1 is 1.30 bits per heavy atom. The monoisotopic (exact) mass is 457 g/mol. The largest absolute Gasteiger partial charge is 0.492 e. The van der Waals surface area contributed by atoms with E-state index in [1.807, 2.05) is 25.5 Å². The van der Waals surface area contributed by atoms with Crippen molar-refractivity contribution in [2.75, 3.05) is 13.2 Å². The molecule has 9 heteroatoms. The zero-order valence-corrected chi connectivity index (χ0v) is 19.3. The standard InChI is InChI=1S/C21H29Cl2N3O4/c1-5-28-17-10-16(22)19-20(18(17)23)26(4)21(25-19)30-15-8-6-14(7-9-15)29-11-12(2)24-13(3)27/h10,12,14-15H,5-9,11H2,1-4H3,(H,24,27)/t12-,14?,15?/m0/s1. The van der Waals surface area contributed by atoms with E-state index in [2.05, 4.69) is 10.3 Å². The number of aryl methyl sites for hydroxylation is 1. The van der Waals surface area contributed by atoms with E-state index in [-0.39, 0.29) is 24.2 Å². The SMILES string of the molecule is CCOc1cc(Cl)c2nc(OC3CCC(OC[C@H](C)NC(C)=O)CC3)n(C)c2c1Cl. The fourth-order valence-electron chi connectivity index (χ4n) is 3.76. The normalized spacial score (nSPS) is 20.2. The number of carbonyl (C=O) groups excluding carboxylic acids is 1. The summed E-state index contributed by atoms with van der Waals surface area (Å²) in [6, 6.07) is 2.19. The minimum atomic E-state index is -0.0424. The van der Waals surface area contributed by atoms with E-state index in [1.54, 1.807) is 6.07 Å². The highest BCUT2D eigenvalue weighted by atomic mass is 35.5. The number of amides is 1. The topological polar surface area (TPSA) is 74.6 Å². The second-order valence-corrected chi connectivity index (χ2v) is 8.49. The van der Waals surface area contributed by atoms with E-state index in [0.717, 1.165) is 25.7 Å². The number of nitrogens with one attached hydrogen (secondary N) is 1. The molecule has 1 saturated carbocycles. The molecule has 1 N–H and O–H groups in total. The van der Waals surface area contributed by atoms with Gasteiger partial charge < -0.3 is 19.5 Å². The van der Waals surface area contributed by atoms with Gasteiger partial charge in [0.25, 0.3) is 6.01 Å². The summed E-state index contributed by atoms with van der Waals surface area (Å²) in [4.78, 5) is 15.7. The van der Waals surface area contributed by atoms with Gasteiger partial charge in [-0.3, -0.25) is 9.36 Å². The molecule has 1 aliphatic rings. The number of hydrogen-bond acceptors (Lipinski definition) is 5. The molecule has 1 atom stereocenters. The number of rotatable bonds is 8. The summed E-state index contributed by atoms with van der Waals surface area (Å²) in [5.41, 5.74) is 1.30. The maximum Gasteiger partial charge on any atom is 0.297 e. The second kappa shape index (κ2) is 10.1. The van der Waals surface area contributed by atoms with Crippen LogP contribution in [-0.4, -0.2) is 46.9 Å². The first-order valence-electron chi connectivity index (χ1n) is 10.3. The predicted octanol–water partition coefficient (Wildman–Crippen LogP) is 4.51. The molecular weight excluding hydrogens is 429 g/mol. The smallest absolute Gasteiger partial charge is 0.297 e. The van der Waals surface area contributed by atoms with Crippen molar-refractivity contribution in [3.05, 3.63) is 16.1 Å². The molecule has 0 radical (unpaired) electrons. The van der Waals surface area contributed by atoms with Crippen molar-refractivity contribution >= 4 is 40.1 Å². The molecule has 7 nitrogen and oxygen atoms in total. The summed E-state index contributed by atoms with van der Waals surface area (Å²) in [6.45, 7) is 6.36. The average Bonchev–Trinajstić information content (AvgIpc) is 3.02. The zero-order chi connectivity index (χ0) is 21.8. The summed E-state index contributed by atoms with van der Waals surface area (Å²) < 4.78 is 19.5. The lowest BCUT2D eigenvalue weighted by Gasteiger charge is -2.29. The second-order valence-electron chi connectivity index (χ2n) is 7.71. The van der Waals surface area contributed by atoms with Gasteiger partial charge in [-0.05, 0) is 39.5 Å². The summed E-state index contributed by atoms with van der Waals surface area (Å²) in [5, 5.41) is 3.79. The molecule has 1 aliphatic carbocycles. The van der Waals surface area contributed by atoms with Crippen molar-refractivity contribution in [1.29, 1.82) is 0 Å². The van der Waals surface area contributed by atoms with Crippen LogP contribution in [0.2, 0.25) is 10.0 Å². The number of nitrogens with zero attached hydrogens (tertiary/aromatic N) is 2. The molecule has 1 fully saturated rings. The van der Waals surface area contributed by atoms with Gasteiger partial charge in [0.05, 0.1) is 29.9 Å². The Morgan fingerprint density at radius 3 is 2.60 bits per heavy atom. The van der Waals surface area contributed by atoms with Crippen LogP contribution < -0.4 is 14.8 Å². The lowest BCUT2D eigenvalue weighted by atomic mass is 9.95. The molecule has 3 rings (SSSR count). The van der Waals surface area contributed by atoms with Crippen LogP contribution in [0.5, 0.6) is 11.8 Å². The maximum absolute atomic E-state index is 11.1. The Kier molecular flexibility index (Phi) is 7.71. The molecule has 166 valence electrons. The Labute approximate surface area is 187 Å². The van der Waals surface area contributed by atoms with E-state index >= 15 is 0 Å². The van der Waals surface area contributed by atoms with Gasteiger partial charge in [-0.1, -0.05) is 23.2 Å². The van der Waals surface area contributed by atoms with E-state index in [9.17, 15) is 4.79 Å². The number of carbonyl (C=O) groups is 1. The third kappa shape index (κ3) is 5.31. The number of aromatic nitrogens is 2. The Bertz CT molecular complexity index is 894. The molecule has 1 heterocycles. The van der Waals surface area contributed by atoms with E-state index in [4.69, 9.17) is 37.4 Å². The van der Waals surface area contributed by atoms with E-state index in [0.29, 0.717) is 46.1 Å². The molecule has 0 bridgehead atoms. The highest BCUT2D eigenvalue weighted by molar-refractivity contribution is 6.40. The van der Waals surface area contributed by atoms with Gasteiger partial charge in [0.15, 0.2) is 0 Å². The van der Waals surface area contributed by atoms with Gasteiger partial charge in [0.1, 0.15) is 22.4 Å². The highest BCUT2D eigenvalue weighted by Gasteiger charge is 2.26. The lowest BCUT2D eigenvalue weighted by Crippen LogP contribution is -2.37. The van der Waals surface area contributed by atoms with Crippen LogP contribution in [0.3, 0.4) is 0 Å². The van der Waals surface area contributed by atoms with Gasteiger partial charge >= 0.3 is 0 Å². The van der Waals surface area contributed by atoms with Crippen molar-refractivity contribution in [3.8, 4) is 11.8 Å². The van der Waals surface area contributed by atoms with Gasteiger partial charge in [-0.15, -0.1) is 0 Å². The maximum atomic E-state index is 11.1. The number of hydrogen-bond donors (Lipinski definition) is 1. The van der Waals surface area contributed by atoms with Crippen LogP contribution in [0, 0.1) is 0 Å². The summed E-state index contributed by atoms with van der Waals surface area (Å²) in [6.07, 6.45) is 3.77. The van der Waals surface area contributed by atoms with Gasteiger partial charge in [0, 0.05) is 26.1 Å². The molecule has 0 spiro atoms. The third-order valence-electron chi connectivity index (χ3n) is 5.19. The van der Waals surface area contributed by atoms with Crippen LogP contribution in [0.15, 0.2) is 6.07 Å². The molecule has 1 aromatic carbocycles.